The molecular weight excluding hydrogens is 537 g/mol. The van der Waals surface area contributed by atoms with E-state index in [9.17, 15) is 30.7 Å². The van der Waals surface area contributed by atoms with Crippen LogP contribution in [0, 0.1) is 23.4 Å². The third-order valence-corrected chi connectivity index (χ3v) is 7.25. The van der Waals surface area contributed by atoms with Crippen LogP contribution < -0.4 is 4.74 Å². The minimum absolute atomic E-state index is 0.0893. The molecule has 0 aromatic heterocycles. The van der Waals surface area contributed by atoms with Crippen molar-refractivity contribution in [3.05, 3.63) is 89.2 Å². The molecule has 0 heterocycles. The Balaban J connectivity index is 1.31. The maximum Gasteiger partial charge on any atom is 0.400 e. The second-order valence-electron chi connectivity index (χ2n) is 10.2. The molecule has 0 bridgehead atoms. The zero-order valence-electron chi connectivity index (χ0n) is 22.0. The van der Waals surface area contributed by atoms with Crippen molar-refractivity contribution in [3.63, 3.8) is 0 Å². The van der Waals surface area contributed by atoms with Gasteiger partial charge in [-0.15, -0.1) is 0 Å². The second-order valence-corrected chi connectivity index (χ2v) is 10.2. The Morgan fingerprint density at radius 3 is 1.85 bits per heavy atom. The van der Waals surface area contributed by atoms with Crippen molar-refractivity contribution in [2.75, 3.05) is 0 Å². The minimum Gasteiger partial charge on any atom is -0.432 e. The van der Waals surface area contributed by atoms with E-state index >= 15 is 0 Å². The predicted molar refractivity (Wildman–Crippen MR) is 138 cm³/mol. The number of benzene rings is 3. The van der Waals surface area contributed by atoms with E-state index in [1.165, 1.54) is 24.1 Å². The molecule has 2 nitrogen and oxygen atoms in total. The fourth-order valence-electron chi connectivity index (χ4n) is 4.93. The number of ether oxygens (including phenoxy) is 2. The summed E-state index contributed by atoms with van der Waals surface area (Å²) in [6, 6.07) is 14.4. The summed E-state index contributed by atoms with van der Waals surface area (Å²) < 4.78 is 108. The molecule has 9 heteroatoms. The molecule has 1 aliphatic carbocycles. The molecule has 3 aromatic carbocycles. The van der Waals surface area contributed by atoms with Crippen molar-refractivity contribution in [3.8, 4) is 16.9 Å². The van der Waals surface area contributed by atoms with Crippen LogP contribution in [0.4, 0.5) is 30.7 Å². The predicted octanol–water partition coefficient (Wildman–Crippen LogP) is 9.80. The Morgan fingerprint density at radius 2 is 1.30 bits per heavy atom. The fraction of sp³-hybridized carbons (Fsp3) is 0.419. The van der Waals surface area contributed by atoms with Gasteiger partial charge in [-0.2, -0.15) is 17.6 Å². The maximum atomic E-state index is 14.9. The van der Waals surface area contributed by atoms with Crippen molar-refractivity contribution in [2.24, 2.45) is 5.92 Å². The van der Waals surface area contributed by atoms with Gasteiger partial charge in [-0.05, 0) is 67.3 Å². The Hall–Kier alpha value is -3.07. The number of halogens is 7. The molecular formula is C31H31F7O2. The first kappa shape index (κ1) is 29.9. The molecule has 0 amide bonds. The molecule has 0 saturated heterocycles. The summed E-state index contributed by atoms with van der Waals surface area (Å²) in [4.78, 5) is 0. The van der Waals surface area contributed by atoms with Crippen LogP contribution in [0.15, 0.2) is 60.7 Å². The first-order valence-corrected chi connectivity index (χ1v) is 13.5. The van der Waals surface area contributed by atoms with Crippen molar-refractivity contribution in [2.45, 2.75) is 76.6 Å². The number of hydrogen-bond acceptors (Lipinski definition) is 2. The lowest BCUT2D eigenvalue weighted by molar-refractivity contribution is -0.284. The van der Waals surface area contributed by atoms with Crippen LogP contribution >= 0.6 is 0 Å². The van der Waals surface area contributed by atoms with Gasteiger partial charge in [0.05, 0.1) is 17.6 Å². The number of unbranched alkanes of at least 4 members (excludes halogenated alkanes) is 2. The Labute approximate surface area is 229 Å². The molecule has 1 aliphatic rings. The third kappa shape index (κ3) is 7.36. The van der Waals surface area contributed by atoms with E-state index < -0.39 is 47.4 Å². The van der Waals surface area contributed by atoms with Gasteiger partial charge in [-0.1, -0.05) is 56.2 Å². The van der Waals surface area contributed by atoms with Gasteiger partial charge >= 0.3 is 12.2 Å². The highest BCUT2D eigenvalue weighted by Gasteiger charge is 2.46. The van der Waals surface area contributed by atoms with E-state index in [2.05, 4.69) is 11.7 Å². The van der Waals surface area contributed by atoms with E-state index in [1.807, 2.05) is 24.3 Å². The minimum atomic E-state index is -3.84. The van der Waals surface area contributed by atoms with E-state index in [-0.39, 0.29) is 31.2 Å². The summed E-state index contributed by atoms with van der Waals surface area (Å²) >= 11 is 0. The van der Waals surface area contributed by atoms with E-state index in [4.69, 9.17) is 4.74 Å². The van der Waals surface area contributed by atoms with Gasteiger partial charge < -0.3 is 9.47 Å². The highest BCUT2D eigenvalue weighted by atomic mass is 19.3. The number of aryl methyl sites for hydroxylation is 1. The standard InChI is InChI=1S/C31H31F7O2/c1-2-3-4-5-20-6-8-21(9-7-20)22-10-12-23(13-11-22)30(35,36)39-25-16-14-24(15-17-25)31(37,38)40-26-18-27(32)29(34)28(33)19-26/h6-13,18-19,24-25H,2-5,14-17H2,1H3. The normalized spacial score (nSPS) is 18.1. The average Bonchev–Trinajstić information content (AvgIpc) is 2.92. The zero-order valence-corrected chi connectivity index (χ0v) is 22.0. The van der Waals surface area contributed by atoms with Crippen LogP contribution in [0.1, 0.15) is 63.0 Å². The summed E-state index contributed by atoms with van der Waals surface area (Å²) in [5.41, 5.74) is 2.57. The fourth-order valence-corrected chi connectivity index (χ4v) is 4.93. The molecule has 40 heavy (non-hydrogen) atoms. The summed E-state index contributed by atoms with van der Waals surface area (Å²) in [6.45, 7) is 2.15. The van der Waals surface area contributed by atoms with Gasteiger partial charge in [-0.3, -0.25) is 0 Å². The lowest BCUT2D eigenvalue weighted by Gasteiger charge is -2.34. The van der Waals surface area contributed by atoms with Crippen molar-refractivity contribution in [1.82, 2.24) is 0 Å². The van der Waals surface area contributed by atoms with E-state index in [0.29, 0.717) is 12.1 Å². The van der Waals surface area contributed by atoms with Gasteiger partial charge in [0.15, 0.2) is 17.5 Å². The average molecular weight is 569 g/mol. The van der Waals surface area contributed by atoms with Gasteiger partial charge in [0.25, 0.3) is 0 Å². The van der Waals surface area contributed by atoms with Gasteiger partial charge in [0.2, 0.25) is 0 Å². The van der Waals surface area contributed by atoms with Gasteiger partial charge in [-0.25, -0.2) is 13.2 Å². The molecule has 3 aromatic rings. The lowest BCUT2D eigenvalue weighted by Crippen LogP contribution is -2.39. The van der Waals surface area contributed by atoms with Gasteiger partial charge in [0.1, 0.15) is 5.75 Å². The molecule has 0 spiro atoms. The molecule has 4 rings (SSSR count). The lowest BCUT2D eigenvalue weighted by atomic mass is 9.86. The van der Waals surface area contributed by atoms with Crippen LogP contribution in [0.2, 0.25) is 0 Å². The Morgan fingerprint density at radius 1 is 0.750 bits per heavy atom. The Kier molecular flexibility index (Phi) is 9.44. The maximum absolute atomic E-state index is 14.9. The smallest absolute Gasteiger partial charge is 0.400 e. The van der Waals surface area contributed by atoms with E-state index in [1.54, 1.807) is 12.1 Å². The van der Waals surface area contributed by atoms with Crippen LogP contribution in [0.3, 0.4) is 0 Å². The van der Waals surface area contributed by atoms with Crippen LogP contribution in [-0.4, -0.2) is 12.2 Å². The molecule has 0 atom stereocenters. The number of alkyl halides is 4. The molecule has 1 saturated carbocycles. The SMILES string of the molecule is CCCCCc1ccc(-c2ccc(C(F)(F)OC3CCC(C(F)(F)Oc4cc(F)c(F)c(F)c4)CC3)cc2)cc1. The highest BCUT2D eigenvalue weighted by molar-refractivity contribution is 5.64. The molecule has 0 radical (unpaired) electrons. The quantitative estimate of drug-likeness (QED) is 0.130. The van der Waals surface area contributed by atoms with Crippen LogP contribution in [0.5, 0.6) is 5.75 Å². The number of rotatable bonds is 11. The summed E-state index contributed by atoms with van der Waals surface area (Å²) in [6.07, 6.45) is -4.60. The summed E-state index contributed by atoms with van der Waals surface area (Å²) in [5.74, 6) is -7.37. The second kappa shape index (κ2) is 12.6. The van der Waals surface area contributed by atoms with Crippen LogP contribution in [0.25, 0.3) is 11.1 Å². The monoisotopic (exact) mass is 568 g/mol. The topological polar surface area (TPSA) is 18.5 Å². The van der Waals surface area contributed by atoms with E-state index in [0.717, 1.165) is 30.4 Å². The number of hydrogen-bond donors (Lipinski definition) is 0. The summed E-state index contributed by atoms with van der Waals surface area (Å²) in [7, 11) is 0. The Bertz CT molecular complexity index is 1230. The first-order chi connectivity index (χ1) is 19.0. The third-order valence-electron chi connectivity index (χ3n) is 7.25. The first-order valence-electron chi connectivity index (χ1n) is 13.5. The highest BCUT2D eigenvalue weighted by Crippen LogP contribution is 2.42. The molecule has 0 unspecified atom stereocenters. The molecule has 0 N–H and O–H groups in total. The van der Waals surface area contributed by atoms with Crippen molar-refractivity contribution in [1.29, 1.82) is 0 Å². The largest absolute Gasteiger partial charge is 0.432 e. The molecule has 216 valence electrons. The molecule has 0 aliphatic heterocycles. The van der Waals surface area contributed by atoms with Gasteiger partial charge in [0, 0.05) is 12.1 Å². The van der Waals surface area contributed by atoms with Crippen molar-refractivity contribution >= 4 is 0 Å². The van der Waals surface area contributed by atoms with Crippen molar-refractivity contribution < 1.29 is 40.2 Å². The zero-order chi connectivity index (χ0) is 28.9. The van der Waals surface area contributed by atoms with Crippen LogP contribution in [-0.2, 0) is 17.3 Å². The summed E-state index contributed by atoms with van der Waals surface area (Å²) in [5, 5.41) is 0. The molecule has 1 fully saturated rings.